The van der Waals surface area contributed by atoms with E-state index in [0.29, 0.717) is 16.3 Å². The van der Waals surface area contributed by atoms with Gasteiger partial charge >= 0.3 is 0 Å². The first-order valence-corrected chi connectivity index (χ1v) is 5.48. The molecule has 0 saturated carbocycles. The molecule has 0 aliphatic heterocycles. The number of benzene rings is 1. The molecule has 0 amide bonds. The van der Waals surface area contributed by atoms with E-state index in [4.69, 9.17) is 11.6 Å². The van der Waals surface area contributed by atoms with Gasteiger partial charge in [-0.2, -0.15) is 0 Å². The zero-order valence-corrected chi connectivity index (χ0v) is 10.3. The van der Waals surface area contributed by atoms with Crippen molar-refractivity contribution in [3.63, 3.8) is 0 Å². The van der Waals surface area contributed by atoms with Crippen LogP contribution in [-0.2, 0) is 4.79 Å². The molecule has 2 nitrogen and oxygen atoms in total. The first kappa shape index (κ1) is 12.5. The molecular weight excluding hydrogens is 286 g/mol. The van der Waals surface area contributed by atoms with E-state index in [1.807, 2.05) is 0 Å². The van der Waals surface area contributed by atoms with Gasteiger partial charge in [0.2, 0.25) is 6.86 Å². The minimum absolute atomic E-state index is 0.0747. The molecule has 1 unspecified atom stereocenters. The van der Waals surface area contributed by atoms with Crippen molar-refractivity contribution in [3.8, 4) is 5.75 Å². The molecule has 0 aromatic heterocycles. The predicted molar refractivity (Wildman–Crippen MR) is 60.4 cm³/mol. The zero-order chi connectivity index (χ0) is 11.4. The maximum absolute atomic E-state index is 11.9. The third-order valence-corrected chi connectivity index (χ3v) is 3.30. The first-order valence-electron chi connectivity index (χ1n) is 4.19. The van der Waals surface area contributed by atoms with Crippen molar-refractivity contribution in [2.24, 2.45) is 0 Å². The molecular formula is C10H9BrClFO2. The van der Waals surface area contributed by atoms with Crippen molar-refractivity contribution in [1.82, 2.24) is 0 Å². The molecule has 5 heteroatoms. The van der Waals surface area contributed by atoms with Crippen LogP contribution in [0, 0.1) is 0 Å². The van der Waals surface area contributed by atoms with Crippen LogP contribution in [0.2, 0.25) is 5.02 Å². The van der Waals surface area contributed by atoms with Gasteiger partial charge in [-0.1, -0.05) is 27.5 Å². The van der Waals surface area contributed by atoms with Crippen LogP contribution >= 0.6 is 27.5 Å². The Kier molecular flexibility index (Phi) is 4.54. The molecule has 15 heavy (non-hydrogen) atoms. The lowest BCUT2D eigenvalue weighted by Gasteiger charge is -2.10. The van der Waals surface area contributed by atoms with Gasteiger partial charge in [0.1, 0.15) is 11.5 Å². The van der Waals surface area contributed by atoms with Crippen molar-refractivity contribution in [1.29, 1.82) is 0 Å². The fourth-order valence-electron chi connectivity index (χ4n) is 1.09. The predicted octanol–water partition coefficient (Wildman–Crippen LogP) is 3.67. The highest BCUT2D eigenvalue weighted by atomic mass is 79.9. The number of carbonyl (C=O) groups excluding carboxylic acids is 1. The number of alkyl halides is 2. The Hall–Kier alpha value is -0.610. The molecule has 0 aliphatic rings. The van der Waals surface area contributed by atoms with E-state index < -0.39 is 11.7 Å². The molecule has 0 saturated heterocycles. The van der Waals surface area contributed by atoms with Crippen LogP contribution < -0.4 is 4.74 Å². The topological polar surface area (TPSA) is 26.3 Å². The summed E-state index contributed by atoms with van der Waals surface area (Å²) in [6.45, 7) is 0.534. The zero-order valence-electron chi connectivity index (χ0n) is 7.97. The van der Waals surface area contributed by atoms with Crippen LogP contribution in [0.5, 0.6) is 5.75 Å². The minimum atomic E-state index is -0.909. The van der Waals surface area contributed by atoms with E-state index in [-0.39, 0.29) is 5.78 Å². The summed E-state index contributed by atoms with van der Waals surface area (Å²) in [4.78, 5) is 10.7. The van der Waals surface area contributed by atoms with Crippen LogP contribution in [0.3, 0.4) is 0 Å². The van der Waals surface area contributed by atoms with Crippen LogP contribution in [0.4, 0.5) is 4.39 Å². The standard InChI is InChI=1S/C10H9BrClFO2/c1-6(14)10(11)8-4-7(15-5-13)2-3-9(8)12/h2-4,10H,5H2,1H3. The van der Waals surface area contributed by atoms with Gasteiger partial charge in [0.15, 0.2) is 0 Å². The number of hydrogen-bond acceptors (Lipinski definition) is 2. The monoisotopic (exact) mass is 294 g/mol. The number of ether oxygens (including phenoxy) is 1. The largest absolute Gasteiger partial charge is 0.463 e. The average Bonchev–Trinajstić information content (AvgIpc) is 2.20. The van der Waals surface area contributed by atoms with Gasteiger partial charge < -0.3 is 4.74 Å². The molecule has 0 N–H and O–H groups in total. The lowest BCUT2D eigenvalue weighted by Crippen LogP contribution is -2.02. The summed E-state index contributed by atoms with van der Waals surface area (Å²) >= 11 is 9.11. The Bertz CT molecular complexity index is 370. The van der Waals surface area contributed by atoms with Crippen molar-refractivity contribution >= 4 is 33.3 Å². The molecule has 1 rings (SSSR count). The fraction of sp³-hybridized carbons (Fsp3) is 0.300. The smallest absolute Gasteiger partial charge is 0.228 e. The number of carbonyl (C=O) groups is 1. The van der Waals surface area contributed by atoms with Gasteiger partial charge in [-0.25, -0.2) is 4.39 Å². The van der Waals surface area contributed by atoms with E-state index in [1.165, 1.54) is 6.92 Å². The summed E-state index contributed by atoms with van der Waals surface area (Å²) in [6.07, 6.45) is 0. The van der Waals surface area contributed by atoms with E-state index in [0.717, 1.165) is 0 Å². The number of Topliss-reactive ketones (excluding diaryl/α,β-unsaturated/α-hetero) is 1. The lowest BCUT2D eigenvalue weighted by atomic mass is 10.1. The molecule has 0 aliphatic carbocycles. The number of rotatable bonds is 4. The van der Waals surface area contributed by atoms with Crippen molar-refractivity contribution in [2.45, 2.75) is 11.8 Å². The Morgan fingerprint density at radius 2 is 2.33 bits per heavy atom. The maximum Gasteiger partial charge on any atom is 0.228 e. The van der Waals surface area contributed by atoms with Crippen LogP contribution in [0.1, 0.15) is 17.3 Å². The van der Waals surface area contributed by atoms with Gasteiger partial charge in [0, 0.05) is 5.02 Å². The molecule has 82 valence electrons. The first-order chi connectivity index (χ1) is 7.06. The molecule has 0 spiro atoms. The van der Waals surface area contributed by atoms with E-state index in [2.05, 4.69) is 20.7 Å². The van der Waals surface area contributed by atoms with Crippen molar-refractivity contribution in [2.75, 3.05) is 6.86 Å². The van der Waals surface area contributed by atoms with Gasteiger partial charge in [0.05, 0.1) is 4.83 Å². The fourth-order valence-corrected chi connectivity index (χ4v) is 1.83. The third-order valence-electron chi connectivity index (χ3n) is 1.82. The molecule has 0 bridgehead atoms. The lowest BCUT2D eigenvalue weighted by molar-refractivity contribution is -0.116. The van der Waals surface area contributed by atoms with Gasteiger partial charge in [-0.15, -0.1) is 0 Å². The van der Waals surface area contributed by atoms with Crippen molar-refractivity contribution in [3.05, 3.63) is 28.8 Å². The number of halogens is 3. The van der Waals surface area contributed by atoms with Crippen LogP contribution in [-0.4, -0.2) is 12.6 Å². The summed E-state index contributed by atoms with van der Waals surface area (Å²) in [5.41, 5.74) is 0.579. The number of ketones is 1. The molecule has 1 aromatic rings. The highest BCUT2D eigenvalue weighted by Gasteiger charge is 2.16. The number of hydrogen-bond donors (Lipinski definition) is 0. The second kappa shape index (κ2) is 5.47. The van der Waals surface area contributed by atoms with Gasteiger partial charge in [0.25, 0.3) is 0 Å². The Balaban J connectivity index is 3.04. The van der Waals surface area contributed by atoms with E-state index in [1.54, 1.807) is 18.2 Å². The molecule has 1 aromatic carbocycles. The van der Waals surface area contributed by atoms with Gasteiger partial charge in [-0.05, 0) is 30.7 Å². The summed E-state index contributed by atoms with van der Waals surface area (Å²) in [7, 11) is 0. The minimum Gasteiger partial charge on any atom is -0.463 e. The highest BCUT2D eigenvalue weighted by Crippen LogP contribution is 2.32. The van der Waals surface area contributed by atoms with Gasteiger partial charge in [-0.3, -0.25) is 4.79 Å². The van der Waals surface area contributed by atoms with Crippen molar-refractivity contribution < 1.29 is 13.9 Å². The summed E-state index contributed by atoms with van der Waals surface area (Å²) in [5.74, 6) is 0.275. The second-order valence-corrected chi connectivity index (χ2v) is 4.23. The quantitative estimate of drug-likeness (QED) is 0.792. The van der Waals surface area contributed by atoms with E-state index >= 15 is 0 Å². The summed E-state index contributed by atoms with van der Waals surface area (Å²) in [6, 6.07) is 4.66. The summed E-state index contributed by atoms with van der Waals surface area (Å²) < 4.78 is 16.6. The SMILES string of the molecule is CC(=O)C(Br)c1cc(OCF)ccc1Cl. The highest BCUT2D eigenvalue weighted by molar-refractivity contribution is 9.09. The van der Waals surface area contributed by atoms with Crippen LogP contribution in [0.25, 0.3) is 0 Å². The average molecular weight is 296 g/mol. The normalized spacial score (nSPS) is 12.3. The third kappa shape index (κ3) is 3.18. The van der Waals surface area contributed by atoms with E-state index in [9.17, 15) is 9.18 Å². The van der Waals surface area contributed by atoms with Crippen LogP contribution in [0.15, 0.2) is 18.2 Å². The molecule has 0 fully saturated rings. The maximum atomic E-state index is 11.9. The Morgan fingerprint density at radius 1 is 1.67 bits per heavy atom. The molecule has 1 atom stereocenters. The Labute approximate surface area is 101 Å². The molecule has 0 radical (unpaired) electrons. The molecule has 0 heterocycles. The Morgan fingerprint density at radius 3 is 2.87 bits per heavy atom. The summed E-state index contributed by atoms with van der Waals surface area (Å²) in [5, 5.41) is 0.443. The second-order valence-electron chi connectivity index (χ2n) is 2.91.